The highest BCUT2D eigenvalue weighted by Crippen LogP contribution is 2.45. The Morgan fingerprint density at radius 3 is 1.93 bits per heavy atom. The highest BCUT2D eigenvalue weighted by Gasteiger charge is 2.31. The quantitative estimate of drug-likeness (QED) is 0.0302. The lowest BCUT2D eigenvalue weighted by Crippen LogP contribution is -2.40. The van der Waals surface area contributed by atoms with Gasteiger partial charge in [-0.1, -0.05) is 82.9 Å². The summed E-state index contributed by atoms with van der Waals surface area (Å²) in [6.45, 7) is 5.01. The smallest absolute Gasteiger partial charge is 0.296 e. The van der Waals surface area contributed by atoms with E-state index in [9.17, 15) is 49.4 Å². The number of benzene rings is 4. The predicted molar refractivity (Wildman–Crippen MR) is 218 cm³/mol. The van der Waals surface area contributed by atoms with E-state index < -0.39 is 69.5 Å². The number of para-hydroxylation sites is 1. The first-order valence-electron chi connectivity index (χ1n) is 18.7. The standard InChI is InChI=1S/C39H50N4O11S3/c1-4-5-6-7-8-9-10-11-15-18-32(45)23-27(2)43(31-16-13-12-14-17-31)55(47,48)33-21-19-30(20-22-33)41-42-38-36(57(52,53)54)25-29-24-34(56(49,50)51)26-35(40-28(3)44)37(29)39(38)46/h12-14,16-17,19-22,24-27,32,45-46H,4-11,15,18,23H2,1-3H3,(H,40,44)(H,49,50,51)(H,52,53,54). The maximum atomic E-state index is 14.2. The third-order valence-electron chi connectivity index (χ3n) is 9.33. The Balaban J connectivity index is 1.59. The van der Waals surface area contributed by atoms with Gasteiger partial charge in [-0.15, -0.1) is 5.11 Å². The number of rotatable bonds is 21. The minimum atomic E-state index is -5.14. The van der Waals surface area contributed by atoms with Crippen LogP contribution in [0.1, 0.15) is 91.4 Å². The number of aliphatic hydroxyl groups is 1. The maximum absolute atomic E-state index is 14.2. The molecule has 0 radical (unpaired) electrons. The van der Waals surface area contributed by atoms with Crippen molar-refractivity contribution in [3.63, 3.8) is 0 Å². The molecule has 4 aromatic rings. The number of carbonyl (C=O) groups is 1. The first-order chi connectivity index (χ1) is 26.8. The van der Waals surface area contributed by atoms with Crippen molar-refractivity contribution in [2.24, 2.45) is 10.2 Å². The van der Waals surface area contributed by atoms with Crippen molar-refractivity contribution in [2.45, 2.75) is 118 Å². The van der Waals surface area contributed by atoms with Gasteiger partial charge in [-0.3, -0.25) is 18.2 Å². The molecule has 0 aliphatic heterocycles. The molecule has 0 heterocycles. The van der Waals surface area contributed by atoms with E-state index >= 15 is 0 Å². The Bertz CT molecular complexity index is 2370. The van der Waals surface area contributed by atoms with Crippen molar-refractivity contribution in [2.75, 3.05) is 9.62 Å². The number of hydrogen-bond donors (Lipinski definition) is 5. The normalized spacial score (nSPS) is 13.5. The third-order valence-corrected chi connectivity index (χ3v) is 13.0. The van der Waals surface area contributed by atoms with Crippen molar-refractivity contribution >= 4 is 69.7 Å². The van der Waals surface area contributed by atoms with Gasteiger partial charge in [-0.2, -0.15) is 21.9 Å². The number of fused-ring (bicyclic) bond motifs is 1. The van der Waals surface area contributed by atoms with E-state index in [1.165, 1.54) is 60.7 Å². The molecule has 0 fully saturated rings. The van der Waals surface area contributed by atoms with Crippen LogP contribution in [-0.2, 0) is 35.1 Å². The molecular weight excluding hydrogens is 797 g/mol. The maximum Gasteiger partial charge on any atom is 0.296 e. The summed E-state index contributed by atoms with van der Waals surface area (Å²) < 4.78 is 97.8. The molecule has 0 bridgehead atoms. The Morgan fingerprint density at radius 1 is 0.772 bits per heavy atom. The molecule has 15 nitrogen and oxygen atoms in total. The van der Waals surface area contributed by atoms with Crippen LogP contribution in [-0.4, -0.2) is 62.6 Å². The van der Waals surface area contributed by atoms with Gasteiger partial charge < -0.3 is 15.5 Å². The minimum Gasteiger partial charge on any atom is -0.505 e. The van der Waals surface area contributed by atoms with Crippen molar-refractivity contribution in [1.82, 2.24) is 0 Å². The number of aliphatic hydroxyl groups excluding tert-OH is 1. The second kappa shape index (κ2) is 19.8. The zero-order chi connectivity index (χ0) is 42.0. The van der Waals surface area contributed by atoms with Gasteiger partial charge in [0.2, 0.25) is 5.91 Å². The SMILES string of the molecule is CCCCCCCCCCCC(O)CC(C)N(c1ccccc1)S(=O)(=O)c1ccc(N=Nc2c(S(=O)(=O)O)cc3cc(S(=O)(=O)O)cc(NC(C)=O)c3c2O)cc1. The fourth-order valence-electron chi connectivity index (χ4n) is 6.60. The zero-order valence-electron chi connectivity index (χ0n) is 32.1. The van der Waals surface area contributed by atoms with Crippen LogP contribution in [0.25, 0.3) is 10.8 Å². The summed E-state index contributed by atoms with van der Waals surface area (Å²) in [5.74, 6) is -1.62. The fraction of sp³-hybridized carbons (Fsp3) is 0.410. The van der Waals surface area contributed by atoms with Gasteiger partial charge in [0.25, 0.3) is 30.3 Å². The predicted octanol–water partition coefficient (Wildman–Crippen LogP) is 8.67. The Labute approximate surface area is 334 Å². The molecule has 4 rings (SSSR count). The van der Waals surface area contributed by atoms with Gasteiger partial charge in [0.05, 0.1) is 33.0 Å². The topological polar surface area (TPSA) is 240 Å². The molecule has 5 N–H and O–H groups in total. The van der Waals surface area contributed by atoms with Crippen LogP contribution in [0.3, 0.4) is 0 Å². The number of aromatic hydroxyl groups is 1. The summed E-state index contributed by atoms with van der Waals surface area (Å²) in [5.41, 5.74) is -0.700. The summed E-state index contributed by atoms with van der Waals surface area (Å²) in [7, 11) is -14.2. The molecule has 0 saturated carbocycles. The van der Waals surface area contributed by atoms with E-state index in [1.807, 2.05) is 0 Å². The number of nitrogens with zero attached hydrogens (tertiary/aromatic N) is 3. The number of azo groups is 1. The van der Waals surface area contributed by atoms with E-state index in [0.29, 0.717) is 12.1 Å². The third kappa shape index (κ3) is 12.3. The molecule has 2 atom stereocenters. The summed E-state index contributed by atoms with van der Waals surface area (Å²) >= 11 is 0. The molecule has 4 aromatic carbocycles. The van der Waals surface area contributed by atoms with Crippen LogP contribution < -0.4 is 9.62 Å². The average Bonchev–Trinajstić information content (AvgIpc) is 3.13. The number of hydrogen-bond acceptors (Lipinski definition) is 11. The number of amides is 1. The molecule has 0 aromatic heterocycles. The first-order valence-corrected chi connectivity index (χ1v) is 23.0. The van der Waals surface area contributed by atoms with Gasteiger partial charge in [0, 0.05) is 18.4 Å². The number of phenols is 1. The number of anilines is 2. The molecule has 0 aliphatic carbocycles. The highest BCUT2D eigenvalue weighted by atomic mass is 32.2. The van der Waals surface area contributed by atoms with E-state index in [1.54, 1.807) is 37.3 Å². The first kappa shape index (κ1) is 45.2. The number of carbonyl (C=O) groups excluding carboxylic acids is 1. The summed E-state index contributed by atoms with van der Waals surface area (Å²) in [6, 6.07) is 15.4. The summed E-state index contributed by atoms with van der Waals surface area (Å²) in [6.07, 6.45) is 10.3. The van der Waals surface area contributed by atoms with Gasteiger partial charge in [0.1, 0.15) is 10.6 Å². The zero-order valence-corrected chi connectivity index (χ0v) is 34.5. The molecule has 0 saturated heterocycles. The molecule has 2 unspecified atom stereocenters. The van der Waals surface area contributed by atoms with E-state index in [0.717, 1.165) is 50.8 Å². The molecule has 57 heavy (non-hydrogen) atoms. The van der Waals surface area contributed by atoms with Gasteiger partial charge in [-0.25, -0.2) is 8.42 Å². The molecule has 0 spiro atoms. The second-order valence-corrected chi connectivity index (χ2v) is 18.6. The Morgan fingerprint density at radius 2 is 1.37 bits per heavy atom. The van der Waals surface area contributed by atoms with E-state index in [2.05, 4.69) is 22.5 Å². The lowest BCUT2D eigenvalue weighted by molar-refractivity contribution is -0.114. The molecule has 18 heteroatoms. The molecule has 1 amide bonds. The van der Waals surface area contributed by atoms with Crippen LogP contribution in [0.4, 0.5) is 22.7 Å². The second-order valence-electron chi connectivity index (χ2n) is 14.0. The highest BCUT2D eigenvalue weighted by molar-refractivity contribution is 7.92. The Hall–Kier alpha value is -4.46. The van der Waals surface area contributed by atoms with Crippen molar-refractivity contribution in [3.05, 3.63) is 72.8 Å². The average molecular weight is 847 g/mol. The van der Waals surface area contributed by atoms with Crippen molar-refractivity contribution in [1.29, 1.82) is 0 Å². The minimum absolute atomic E-state index is 0.00855. The van der Waals surface area contributed by atoms with Crippen LogP contribution >= 0.6 is 0 Å². The van der Waals surface area contributed by atoms with E-state index in [4.69, 9.17) is 0 Å². The van der Waals surface area contributed by atoms with Gasteiger partial charge in [-0.05, 0) is 79.7 Å². The summed E-state index contributed by atoms with van der Waals surface area (Å²) in [4.78, 5) is 10.1. The lowest BCUT2D eigenvalue weighted by Gasteiger charge is -2.32. The fourth-order valence-corrected chi connectivity index (χ4v) is 9.47. The number of phenolic OH excluding ortho intramolecular Hbond substituents is 1. The van der Waals surface area contributed by atoms with Gasteiger partial charge >= 0.3 is 0 Å². The summed E-state index contributed by atoms with van der Waals surface area (Å²) in [5, 5.41) is 31.6. The molecule has 310 valence electrons. The van der Waals surface area contributed by atoms with Crippen LogP contribution in [0.5, 0.6) is 5.75 Å². The Kier molecular flexibility index (Phi) is 15.7. The van der Waals surface area contributed by atoms with Crippen LogP contribution in [0, 0.1) is 0 Å². The largest absolute Gasteiger partial charge is 0.505 e. The number of nitrogens with one attached hydrogen (secondary N) is 1. The molecule has 0 aliphatic rings. The van der Waals surface area contributed by atoms with Crippen LogP contribution in [0.2, 0.25) is 0 Å². The van der Waals surface area contributed by atoms with E-state index in [-0.39, 0.29) is 33.5 Å². The van der Waals surface area contributed by atoms with Crippen LogP contribution in [0.15, 0.2) is 97.7 Å². The number of unbranched alkanes of at least 4 members (excludes halogenated alkanes) is 8. The monoisotopic (exact) mass is 846 g/mol. The lowest BCUT2D eigenvalue weighted by atomic mass is 10.0. The van der Waals surface area contributed by atoms with Crippen molar-refractivity contribution in [3.8, 4) is 5.75 Å². The van der Waals surface area contributed by atoms with Gasteiger partial charge in [0.15, 0.2) is 5.75 Å². The number of sulfonamides is 1. The molecular formula is C39H50N4O11S3. The van der Waals surface area contributed by atoms with Crippen molar-refractivity contribution < 1.29 is 49.4 Å².